The molecule has 0 saturated heterocycles. The number of nitrogens with zero attached hydrogens (tertiary/aromatic N) is 2. The van der Waals surface area contributed by atoms with Crippen LogP contribution >= 0.6 is 11.6 Å². The van der Waals surface area contributed by atoms with Crippen molar-refractivity contribution in [3.8, 4) is 0 Å². The summed E-state index contributed by atoms with van der Waals surface area (Å²) < 4.78 is 0. The molecule has 0 aliphatic rings. The summed E-state index contributed by atoms with van der Waals surface area (Å²) in [6.07, 6.45) is 0.319. The van der Waals surface area contributed by atoms with E-state index >= 15 is 0 Å². The minimum atomic E-state index is -0.151. The molecule has 19 heavy (non-hydrogen) atoms. The first kappa shape index (κ1) is 15.3. The summed E-state index contributed by atoms with van der Waals surface area (Å²) in [5, 5.41) is 11.9. The molecule has 1 aromatic carbocycles. The summed E-state index contributed by atoms with van der Waals surface area (Å²) >= 11 is 6.14. The van der Waals surface area contributed by atoms with Crippen LogP contribution in [0.15, 0.2) is 23.4 Å². The number of rotatable bonds is 5. The molecule has 5 nitrogen and oxygen atoms in total. The van der Waals surface area contributed by atoms with E-state index in [1.54, 1.807) is 17.0 Å². The van der Waals surface area contributed by atoms with Crippen LogP contribution in [0.3, 0.4) is 0 Å². The molecule has 0 aromatic heterocycles. The van der Waals surface area contributed by atoms with E-state index in [4.69, 9.17) is 22.5 Å². The van der Waals surface area contributed by atoms with Crippen molar-refractivity contribution >= 4 is 23.3 Å². The molecule has 0 bridgehead atoms. The van der Waals surface area contributed by atoms with Gasteiger partial charge in [0, 0.05) is 19.5 Å². The Bertz CT molecular complexity index is 489. The van der Waals surface area contributed by atoms with Crippen LogP contribution in [0, 0.1) is 6.92 Å². The number of amidine groups is 1. The van der Waals surface area contributed by atoms with Gasteiger partial charge in [-0.05, 0) is 25.5 Å². The number of hydrogen-bond acceptors (Lipinski definition) is 3. The average molecular weight is 284 g/mol. The first-order valence-electron chi connectivity index (χ1n) is 6.02. The lowest BCUT2D eigenvalue weighted by Gasteiger charge is -2.21. The molecule has 0 aliphatic carbocycles. The van der Waals surface area contributed by atoms with Crippen molar-refractivity contribution in [3.63, 3.8) is 0 Å². The Morgan fingerprint density at radius 2 is 2.21 bits per heavy atom. The smallest absolute Gasteiger partial charge is 0.255 e. The van der Waals surface area contributed by atoms with E-state index in [9.17, 15) is 4.79 Å². The van der Waals surface area contributed by atoms with E-state index in [-0.39, 0.29) is 11.7 Å². The standard InChI is InChI=1S/C13H18ClN3O2/c1-3-17(8-7-11(15)16-19)13(18)10-6-4-5-9(2)12(10)14/h4-6,19H,3,7-8H2,1-2H3,(H2,15,16). The van der Waals surface area contributed by atoms with Crippen LogP contribution in [0.4, 0.5) is 0 Å². The van der Waals surface area contributed by atoms with Crippen LogP contribution in [-0.4, -0.2) is 34.9 Å². The zero-order valence-corrected chi connectivity index (χ0v) is 11.8. The Balaban J connectivity index is 2.87. The molecular formula is C13H18ClN3O2. The molecule has 3 N–H and O–H groups in total. The van der Waals surface area contributed by atoms with E-state index in [1.807, 2.05) is 19.9 Å². The quantitative estimate of drug-likeness (QED) is 0.376. The van der Waals surface area contributed by atoms with Crippen molar-refractivity contribution in [3.05, 3.63) is 34.3 Å². The van der Waals surface area contributed by atoms with Crippen molar-refractivity contribution in [1.82, 2.24) is 4.90 Å². The summed E-state index contributed by atoms with van der Waals surface area (Å²) in [6, 6.07) is 5.35. The van der Waals surface area contributed by atoms with Crippen molar-refractivity contribution < 1.29 is 10.0 Å². The van der Waals surface area contributed by atoms with Gasteiger partial charge in [0.15, 0.2) is 0 Å². The van der Waals surface area contributed by atoms with Gasteiger partial charge in [-0.2, -0.15) is 0 Å². The third-order valence-electron chi connectivity index (χ3n) is 2.86. The van der Waals surface area contributed by atoms with E-state index in [1.165, 1.54) is 0 Å². The van der Waals surface area contributed by atoms with Crippen molar-refractivity contribution in [2.75, 3.05) is 13.1 Å². The van der Waals surface area contributed by atoms with Gasteiger partial charge in [0.2, 0.25) is 0 Å². The van der Waals surface area contributed by atoms with Gasteiger partial charge in [-0.15, -0.1) is 0 Å². The minimum absolute atomic E-state index is 0.0987. The monoisotopic (exact) mass is 283 g/mol. The van der Waals surface area contributed by atoms with Crippen LogP contribution in [0.1, 0.15) is 29.3 Å². The van der Waals surface area contributed by atoms with Crippen LogP contribution in [0.2, 0.25) is 5.02 Å². The molecule has 0 atom stereocenters. The molecule has 0 unspecified atom stereocenters. The maximum absolute atomic E-state index is 12.3. The fourth-order valence-electron chi connectivity index (χ4n) is 1.69. The number of benzene rings is 1. The lowest BCUT2D eigenvalue weighted by Crippen LogP contribution is -2.34. The molecule has 0 fully saturated rings. The zero-order valence-electron chi connectivity index (χ0n) is 11.1. The van der Waals surface area contributed by atoms with E-state index in [0.29, 0.717) is 30.1 Å². The highest BCUT2D eigenvalue weighted by Crippen LogP contribution is 2.21. The van der Waals surface area contributed by atoms with Crippen molar-refractivity contribution in [2.24, 2.45) is 10.9 Å². The third kappa shape index (κ3) is 3.86. The highest BCUT2D eigenvalue weighted by Gasteiger charge is 2.17. The number of nitrogens with two attached hydrogens (primary N) is 1. The van der Waals surface area contributed by atoms with Gasteiger partial charge >= 0.3 is 0 Å². The van der Waals surface area contributed by atoms with Gasteiger partial charge in [-0.25, -0.2) is 0 Å². The first-order valence-corrected chi connectivity index (χ1v) is 6.39. The van der Waals surface area contributed by atoms with Crippen LogP contribution in [0.5, 0.6) is 0 Å². The predicted octanol–water partition coefficient (Wildman–Crippen LogP) is 2.25. The molecule has 0 spiro atoms. The number of hydrogen-bond donors (Lipinski definition) is 2. The van der Waals surface area contributed by atoms with Gasteiger partial charge < -0.3 is 15.8 Å². The number of oxime groups is 1. The lowest BCUT2D eigenvalue weighted by atomic mass is 10.1. The predicted molar refractivity (Wildman–Crippen MR) is 75.8 cm³/mol. The van der Waals surface area contributed by atoms with Gasteiger partial charge in [-0.1, -0.05) is 28.9 Å². The fraction of sp³-hybridized carbons (Fsp3) is 0.385. The van der Waals surface area contributed by atoms with Crippen molar-refractivity contribution in [2.45, 2.75) is 20.3 Å². The zero-order chi connectivity index (χ0) is 14.4. The molecular weight excluding hydrogens is 266 g/mol. The highest BCUT2D eigenvalue weighted by molar-refractivity contribution is 6.34. The van der Waals surface area contributed by atoms with Gasteiger partial charge in [-0.3, -0.25) is 4.79 Å². The third-order valence-corrected chi connectivity index (χ3v) is 3.36. The summed E-state index contributed by atoms with van der Waals surface area (Å²) in [4.78, 5) is 14.0. The molecule has 1 rings (SSSR count). The molecule has 0 saturated carbocycles. The summed E-state index contributed by atoms with van der Waals surface area (Å²) in [5.41, 5.74) is 6.74. The number of halogens is 1. The largest absolute Gasteiger partial charge is 0.409 e. The lowest BCUT2D eigenvalue weighted by molar-refractivity contribution is 0.0768. The van der Waals surface area contributed by atoms with Crippen molar-refractivity contribution in [1.29, 1.82) is 0 Å². The fourth-order valence-corrected chi connectivity index (χ4v) is 1.89. The van der Waals surface area contributed by atoms with E-state index in [2.05, 4.69) is 5.16 Å². The number of aryl methyl sites for hydroxylation is 1. The molecule has 6 heteroatoms. The van der Waals surface area contributed by atoms with Crippen LogP contribution in [0.25, 0.3) is 0 Å². The first-order chi connectivity index (χ1) is 9.01. The Labute approximate surface area is 117 Å². The Morgan fingerprint density at radius 1 is 1.53 bits per heavy atom. The number of amides is 1. The molecule has 0 heterocycles. The Morgan fingerprint density at radius 3 is 2.79 bits per heavy atom. The maximum atomic E-state index is 12.3. The summed E-state index contributed by atoms with van der Waals surface area (Å²) in [7, 11) is 0. The maximum Gasteiger partial charge on any atom is 0.255 e. The molecule has 1 aromatic rings. The molecule has 104 valence electrons. The average Bonchev–Trinajstić information content (AvgIpc) is 2.41. The Hall–Kier alpha value is -1.75. The van der Waals surface area contributed by atoms with Gasteiger partial charge in [0.25, 0.3) is 5.91 Å². The summed E-state index contributed by atoms with van der Waals surface area (Å²) in [6.45, 7) is 4.64. The normalized spacial score (nSPS) is 11.4. The van der Waals surface area contributed by atoms with E-state index < -0.39 is 0 Å². The second-order valence-corrected chi connectivity index (χ2v) is 4.54. The van der Waals surface area contributed by atoms with E-state index in [0.717, 1.165) is 5.56 Å². The topological polar surface area (TPSA) is 78.9 Å². The van der Waals surface area contributed by atoms with Gasteiger partial charge in [0.05, 0.1) is 10.6 Å². The minimum Gasteiger partial charge on any atom is -0.409 e. The van der Waals surface area contributed by atoms with Gasteiger partial charge in [0.1, 0.15) is 5.84 Å². The SMILES string of the molecule is CCN(CC/C(N)=N/O)C(=O)c1cccc(C)c1Cl. The molecule has 0 radical (unpaired) electrons. The second-order valence-electron chi connectivity index (χ2n) is 4.16. The summed E-state index contributed by atoms with van der Waals surface area (Å²) in [5.74, 6) is -0.0523. The molecule has 0 aliphatic heterocycles. The highest BCUT2D eigenvalue weighted by atomic mass is 35.5. The van der Waals surface area contributed by atoms with Crippen LogP contribution in [-0.2, 0) is 0 Å². The number of carbonyl (C=O) groups excluding carboxylic acids is 1. The molecule has 1 amide bonds. The Kier molecular flexibility index (Phi) is 5.63. The second kappa shape index (κ2) is 6.99. The van der Waals surface area contributed by atoms with Crippen LogP contribution < -0.4 is 5.73 Å². The number of carbonyl (C=O) groups is 1.